The minimum absolute atomic E-state index is 0.125. The van der Waals surface area contributed by atoms with Gasteiger partial charge in [-0.25, -0.2) is 0 Å². The summed E-state index contributed by atoms with van der Waals surface area (Å²) in [6.07, 6.45) is 0. The number of nitrogens with one attached hydrogen (secondary N) is 1. The molecule has 1 aromatic carbocycles. The number of halogens is 1. The van der Waals surface area contributed by atoms with E-state index in [1.54, 1.807) is 12.1 Å². The Morgan fingerprint density at radius 2 is 2.11 bits per heavy atom. The fourth-order valence-electron chi connectivity index (χ4n) is 1.36. The Kier molecular flexibility index (Phi) is 3.82. The molecule has 0 atom stereocenters. The fourth-order valence-corrected chi connectivity index (χ4v) is 2.64. The van der Waals surface area contributed by atoms with Crippen molar-refractivity contribution < 1.29 is 14.8 Å². The summed E-state index contributed by atoms with van der Waals surface area (Å²) in [5, 5.41) is 22.6. The average molecular weight is 343 g/mol. The highest BCUT2D eigenvalue weighted by molar-refractivity contribution is 9.11. The number of phenolic OH excluding ortho intramolecular Hbond substituents is 1. The number of hydrogen-bond donors (Lipinski definition) is 2. The first-order chi connectivity index (χ1) is 8.97. The zero-order valence-electron chi connectivity index (χ0n) is 9.29. The summed E-state index contributed by atoms with van der Waals surface area (Å²) in [6, 6.07) is 6.84. The number of hydrogen-bond acceptors (Lipinski definition) is 5. The fraction of sp³-hybridized carbons (Fsp3) is 0. The summed E-state index contributed by atoms with van der Waals surface area (Å²) in [6.45, 7) is 0. The summed E-state index contributed by atoms with van der Waals surface area (Å²) >= 11 is 4.48. The number of nitro groups is 1. The van der Waals surface area contributed by atoms with Crippen molar-refractivity contribution in [1.82, 2.24) is 0 Å². The van der Waals surface area contributed by atoms with E-state index in [9.17, 15) is 20.0 Å². The van der Waals surface area contributed by atoms with Gasteiger partial charge in [0.1, 0.15) is 5.75 Å². The van der Waals surface area contributed by atoms with E-state index in [2.05, 4.69) is 21.2 Å². The molecule has 0 saturated carbocycles. The maximum Gasteiger partial charge on any atom is 0.273 e. The molecule has 0 aliphatic carbocycles. The van der Waals surface area contributed by atoms with Gasteiger partial charge in [0, 0.05) is 6.07 Å². The molecular formula is C11H7BrN2O4S. The maximum atomic E-state index is 11.8. The molecule has 2 N–H and O–H groups in total. The van der Waals surface area contributed by atoms with Gasteiger partial charge in [-0.3, -0.25) is 14.9 Å². The molecule has 0 aliphatic heterocycles. The smallest absolute Gasteiger partial charge is 0.273 e. The number of thiophene rings is 1. The Morgan fingerprint density at radius 3 is 2.63 bits per heavy atom. The number of phenols is 1. The van der Waals surface area contributed by atoms with E-state index in [1.807, 2.05) is 0 Å². The predicted molar refractivity (Wildman–Crippen MR) is 74.7 cm³/mol. The third-order valence-corrected chi connectivity index (χ3v) is 3.86. The van der Waals surface area contributed by atoms with Gasteiger partial charge in [0.25, 0.3) is 11.6 Å². The molecule has 0 spiro atoms. The van der Waals surface area contributed by atoms with Gasteiger partial charge in [-0.05, 0) is 34.1 Å². The molecule has 2 aromatic rings. The van der Waals surface area contributed by atoms with E-state index in [4.69, 9.17) is 0 Å². The summed E-state index contributed by atoms with van der Waals surface area (Å²) in [5.41, 5.74) is -0.116. The van der Waals surface area contributed by atoms with Gasteiger partial charge >= 0.3 is 0 Å². The lowest BCUT2D eigenvalue weighted by Crippen LogP contribution is -2.10. The van der Waals surface area contributed by atoms with Crippen molar-refractivity contribution in [3.63, 3.8) is 0 Å². The molecule has 2 rings (SSSR count). The second-order valence-corrected chi connectivity index (χ2v) is 5.98. The number of anilines is 1. The van der Waals surface area contributed by atoms with Crippen molar-refractivity contribution >= 4 is 44.5 Å². The highest BCUT2D eigenvalue weighted by Gasteiger charge is 2.14. The van der Waals surface area contributed by atoms with E-state index < -0.39 is 4.92 Å². The van der Waals surface area contributed by atoms with Gasteiger partial charge in [-0.15, -0.1) is 11.3 Å². The lowest BCUT2D eigenvalue weighted by Gasteiger charge is -2.05. The number of carbonyl (C=O) groups excluding carboxylic acids is 1. The van der Waals surface area contributed by atoms with Crippen LogP contribution in [0.15, 0.2) is 34.1 Å². The molecule has 19 heavy (non-hydrogen) atoms. The number of nitrogens with zero attached hydrogens (tertiary/aromatic N) is 1. The maximum absolute atomic E-state index is 11.8. The van der Waals surface area contributed by atoms with Gasteiger partial charge in [0.05, 0.1) is 25.3 Å². The molecule has 0 unspecified atom stereocenters. The van der Waals surface area contributed by atoms with Crippen LogP contribution in [0.4, 0.5) is 11.4 Å². The van der Waals surface area contributed by atoms with E-state index in [0.29, 0.717) is 4.88 Å². The SMILES string of the molecule is O=C(Nc1ccc([N+](=O)[O-])cc1O)c1ccc(Br)s1. The molecule has 0 bridgehead atoms. The molecule has 1 heterocycles. The highest BCUT2D eigenvalue weighted by atomic mass is 79.9. The summed E-state index contributed by atoms with van der Waals surface area (Å²) < 4.78 is 0.811. The quantitative estimate of drug-likeness (QED) is 0.508. The van der Waals surface area contributed by atoms with Gasteiger partial charge in [0.15, 0.2) is 0 Å². The van der Waals surface area contributed by atoms with Crippen molar-refractivity contribution in [3.05, 3.63) is 49.1 Å². The second-order valence-electron chi connectivity index (χ2n) is 3.52. The van der Waals surface area contributed by atoms with Crippen molar-refractivity contribution in [1.29, 1.82) is 0 Å². The first kappa shape index (κ1) is 13.5. The number of rotatable bonds is 3. The number of benzene rings is 1. The number of carbonyl (C=O) groups is 1. The van der Waals surface area contributed by atoms with Crippen LogP contribution in [0.25, 0.3) is 0 Å². The largest absolute Gasteiger partial charge is 0.506 e. The van der Waals surface area contributed by atoms with Gasteiger partial charge in [0.2, 0.25) is 0 Å². The normalized spacial score (nSPS) is 10.2. The minimum atomic E-state index is -0.623. The Balaban J connectivity index is 2.20. The monoisotopic (exact) mass is 342 g/mol. The topological polar surface area (TPSA) is 92.5 Å². The Hall–Kier alpha value is -1.93. The van der Waals surface area contributed by atoms with Crippen LogP contribution in [0.2, 0.25) is 0 Å². The number of aromatic hydroxyl groups is 1. The van der Waals surface area contributed by atoms with E-state index in [-0.39, 0.29) is 23.0 Å². The Bertz CT molecular complexity index is 656. The van der Waals surface area contributed by atoms with E-state index in [0.717, 1.165) is 9.85 Å². The Morgan fingerprint density at radius 1 is 1.37 bits per heavy atom. The first-order valence-corrected chi connectivity index (χ1v) is 6.62. The molecule has 6 nitrogen and oxygen atoms in total. The van der Waals surface area contributed by atoms with Crippen LogP contribution in [0.1, 0.15) is 9.67 Å². The molecule has 98 valence electrons. The lowest BCUT2D eigenvalue weighted by molar-refractivity contribution is -0.384. The molecule has 8 heteroatoms. The van der Waals surface area contributed by atoms with Crippen LogP contribution < -0.4 is 5.32 Å². The zero-order valence-corrected chi connectivity index (χ0v) is 11.7. The van der Waals surface area contributed by atoms with E-state index >= 15 is 0 Å². The third kappa shape index (κ3) is 3.09. The van der Waals surface area contributed by atoms with Gasteiger partial charge in [-0.2, -0.15) is 0 Å². The molecule has 1 aromatic heterocycles. The zero-order chi connectivity index (χ0) is 14.0. The van der Waals surface area contributed by atoms with E-state index in [1.165, 1.54) is 23.5 Å². The molecule has 0 fully saturated rings. The van der Waals surface area contributed by atoms with Crippen molar-refractivity contribution in [3.8, 4) is 5.75 Å². The van der Waals surface area contributed by atoms with Crippen LogP contribution in [0, 0.1) is 10.1 Å². The third-order valence-electron chi connectivity index (χ3n) is 2.24. The predicted octanol–water partition coefficient (Wildman–Crippen LogP) is 3.38. The number of amides is 1. The summed E-state index contributed by atoms with van der Waals surface area (Å²) in [4.78, 5) is 22.2. The van der Waals surface area contributed by atoms with Gasteiger partial charge in [-0.1, -0.05) is 0 Å². The molecular weight excluding hydrogens is 336 g/mol. The minimum Gasteiger partial charge on any atom is -0.506 e. The lowest BCUT2D eigenvalue weighted by atomic mass is 10.2. The van der Waals surface area contributed by atoms with Crippen molar-refractivity contribution in [2.45, 2.75) is 0 Å². The molecule has 1 amide bonds. The van der Waals surface area contributed by atoms with Gasteiger partial charge < -0.3 is 10.4 Å². The van der Waals surface area contributed by atoms with Crippen molar-refractivity contribution in [2.24, 2.45) is 0 Å². The second kappa shape index (κ2) is 5.37. The molecule has 0 aliphatic rings. The molecule has 0 radical (unpaired) electrons. The Labute approximate surface area is 120 Å². The first-order valence-electron chi connectivity index (χ1n) is 5.01. The summed E-state index contributed by atoms with van der Waals surface area (Å²) in [7, 11) is 0. The van der Waals surface area contributed by atoms with Crippen LogP contribution in [-0.2, 0) is 0 Å². The standard InChI is InChI=1S/C11H7BrN2O4S/c12-10-4-3-9(19-10)11(16)13-7-2-1-6(14(17)18)5-8(7)15/h1-5,15H,(H,13,16). The number of non-ortho nitro benzene ring substituents is 1. The number of nitro benzene ring substituents is 1. The van der Waals surface area contributed by atoms with Crippen molar-refractivity contribution in [2.75, 3.05) is 5.32 Å². The van der Waals surface area contributed by atoms with Crippen LogP contribution >= 0.6 is 27.3 Å². The van der Waals surface area contributed by atoms with Crippen LogP contribution in [-0.4, -0.2) is 15.9 Å². The average Bonchev–Trinajstić information content (AvgIpc) is 2.78. The molecule has 0 saturated heterocycles. The van der Waals surface area contributed by atoms with Crippen LogP contribution in [0.5, 0.6) is 5.75 Å². The summed E-state index contributed by atoms with van der Waals surface area (Å²) in [5.74, 6) is -0.738. The highest BCUT2D eigenvalue weighted by Crippen LogP contribution is 2.29. The van der Waals surface area contributed by atoms with Crippen LogP contribution in [0.3, 0.4) is 0 Å².